The average Bonchev–Trinajstić information content (AvgIpc) is 2.93. The average molecular weight is 231 g/mol. The molecule has 5 nitrogen and oxygen atoms in total. The summed E-state index contributed by atoms with van der Waals surface area (Å²) < 4.78 is 4.14. The number of imidazole rings is 1. The van der Waals surface area contributed by atoms with Gasteiger partial charge < -0.3 is 10.3 Å². The first kappa shape index (κ1) is 10.4. The Labute approximate surface area is 100 Å². The van der Waals surface area contributed by atoms with E-state index in [9.17, 15) is 0 Å². The van der Waals surface area contributed by atoms with Gasteiger partial charge in [0.05, 0.1) is 30.5 Å². The number of aromatic nitrogens is 4. The Hall–Kier alpha value is -1.78. The van der Waals surface area contributed by atoms with Crippen molar-refractivity contribution in [2.24, 2.45) is 0 Å². The van der Waals surface area contributed by atoms with Crippen LogP contribution in [-0.4, -0.2) is 19.3 Å². The first-order valence-electron chi connectivity index (χ1n) is 6.14. The summed E-state index contributed by atoms with van der Waals surface area (Å²) in [5.41, 5.74) is 9.06. The van der Waals surface area contributed by atoms with Crippen LogP contribution in [0.25, 0.3) is 0 Å². The maximum Gasteiger partial charge on any atom is 0.0952 e. The molecule has 0 aliphatic heterocycles. The van der Waals surface area contributed by atoms with Crippen molar-refractivity contribution in [3.63, 3.8) is 0 Å². The van der Waals surface area contributed by atoms with Crippen LogP contribution in [0.1, 0.15) is 24.2 Å². The van der Waals surface area contributed by atoms with E-state index in [-0.39, 0.29) is 0 Å². The van der Waals surface area contributed by atoms with E-state index < -0.39 is 0 Å². The molecule has 2 N–H and O–H groups in total. The highest BCUT2D eigenvalue weighted by Crippen LogP contribution is 2.19. The van der Waals surface area contributed by atoms with E-state index in [1.165, 1.54) is 24.2 Å². The van der Waals surface area contributed by atoms with Crippen LogP contribution < -0.4 is 5.73 Å². The highest BCUT2D eigenvalue weighted by atomic mass is 15.3. The first-order chi connectivity index (χ1) is 8.33. The Bertz CT molecular complexity index is 511. The molecule has 3 rings (SSSR count). The largest absolute Gasteiger partial charge is 0.396 e. The number of rotatable bonds is 3. The number of fused-ring (bicyclic) bond motifs is 1. The van der Waals surface area contributed by atoms with Gasteiger partial charge in [-0.25, -0.2) is 4.98 Å². The summed E-state index contributed by atoms with van der Waals surface area (Å²) in [5, 5.41) is 4.19. The minimum atomic E-state index is 0.720. The lowest BCUT2D eigenvalue weighted by Gasteiger charge is -2.13. The van der Waals surface area contributed by atoms with Crippen LogP contribution in [0.4, 0.5) is 5.69 Å². The molecule has 0 fully saturated rings. The first-order valence-corrected chi connectivity index (χ1v) is 6.14. The van der Waals surface area contributed by atoms with Crippen molar-refractivity contribution in [3.05, 3.63) is 30.1 Å². The Kier molecular flexibility index (Phi) is 2.59. The highest BCUT2D eigenvalue weighted by molar-refractivity contribution is 5.30. The number of hydrogen-bond acceptors (Lipinski definition) is 3. The van der Waals surface area contributed by atoms with Crippen molar-refractivity contribution in [2.45, 2.75) is 38.8 Å². The number of nitrogens with two attached hydrogens (primary N) is 1. The van der Waals surface area contributed by atoms with Crippen LogP contribution in [0.5, 0.6) is 0 Å². The molecule has 0 spiro atoms. The van der Waals surface area contributed by atoms with E-state index in [0.717, 1.165) is 31.6 Å². The van der Waals surface area contributed by atoms with Crippen molar-refractivity contribution in [1.29, 1.82) is 0 Å². The number of nitrogens with zero attached hydrogens (tertiary/aromatic N) is 4. The van der Waals surface area contributed by atoms with Crippen LogP contribution in [0, 0.1) is 0 Å². The van der Waals surface area contributed by atoms with Crippen LogP contribution >= 0.6 is 0 Å². The second-order valence-electron chi connectivity index (χ2n) is 4.58. The molecule has 0 saturated carbocycles. The lowest BCUT2D eigenvalue weighted by Crippen LogP contribution is -2.12. The minimum absolute atomic E-state index is 0.720. The summed E-state index contributed by atoms with van der Waals surface area (Å²) in [5.74, 6) is 0. The maximum atomic E-state index is 5.64. The Balaban J connectivity index is 1.71. The summed E-state index contributed by atoms with van der Waals surface area (Å²) in [6.07, 6.45) is 10.4. The van der Waals surface area contributed by atoms with Gasteiger partial charge in [0.1, 0.15) is 0 Å². The molecule has 0 saturated heterocycles. The third-order valence-corrected chi connectivity index (χ3v) is 3.33. The second kappa shape index (κ2) is 4.24. The zero-order valence-electron chi connectivity index (χ0n) is 9.84. The van der Waals surface area contributed by atoms with Gasteiger partial charge in [-0.05, 0) is 25.7 Å². The zero-order valence-corrected chi connectivity index (χ0v) is 9.84. The molecule has 2 heterocycles. The third-order valence-electron chi connectivity index (χ3n) is 3.33. The van der Waals surface area contributed by atoms with Crippen LogP contribution in [0.15, 0.2) is 18.7 Å². The maximum absolute atomic E-state index is 5.64. The molecule has 2 aromatic rings. The lowest BCUT2D eigenvalue weighted by atomic mass is 10.0. The van der Waals surface area contributed by atoms with Gasteiger partial charge in [0, 0.05) is 18.4 Å². The van der Waals surface area contributed by atoms with Crippen molar-refractivity contribution >= 4 is 5.69 Å². The molecule has 0 amide bonds. The van der Waals surface area contributed by atoms with Gasteiger partial charge in [-0.15, -0.1) is 0 Å². The number of aryl methyl sites for hydroxylation is 3. The van der Waals surface area contributed by atoms with E-state index in [0.29, 0.717) is 0 Å². The molecule has 0 aromatic carbocycles. The topological polar surface area (TPSA) is 61.7 Å². The van der Waals surface area contributed by atoms with Gasteiger partial charge in [0.2, 0.25) is 0 Å². The van der Waals surface area contributed by atoms with E-state index in [2.05, 4.69) is 14.6 Å². The second-order valence-corrected chi connectivity index (χ2v) is 4.58. The number of anilines is 1. The molecule has 2 aromatic heterocycles. The quantitative estimate of drug-likeness (QED) is 0.864. The minimum Gasteiger partial charge on any atom is -0.396 e. The summed E-state index contributed by atoms with van der Waals surface area (Å²) in [7, 11) is 0. The summed E-state index contributed by atoms with van der Waals surface area (Å²) in [4.78, 5) is 4.48. The molecule has 17 heavy (non-hydrogen) atoms. The molecule has 5 heteroatoms. The Morgan fingerprint density at radius 1 is 1.24 bits per heavy atom. The van der Waals surface area contributed by atoms with Crippen molar-refractivity contribution < 1.29 is 0 Å². The molecule has 0 unspecified atom stereocenters. The molecule has 0 radical (unpaired) electrons. The fourth-order valence-electron chi connectivity index (χ4n) is 2.44. The number of hydrogen-bond donors (Lipinski definition) is 1. The highest BCUT2D eigenvalue weighted by Gasteiger charge is 2.14. The smallest absolute Gasteiger partial charge is 0.0952 e. The van der Waals surface area contributed by atoms with Gasteiger partial charge in [-0.3, -0.25) is 4.68 Å². The molecule has 1 aliphatic carbocycles. The molecule has 0 atom stereocenters. The van der Waals surface area contributed by atoms with Crippen molar-refractivity contribution in [3.8, 4) is 0 Å². The lowest BCUT2D eigenvalue weighted by molar-refractivity contribution is 0.513. The predicted octanol–water partition coefficient (Wildman–Crippen LogP) is 1.24. The molecular weight excluding hydrogens is 214 g/mol. The Morgan fingerprint density at radius 3 is 2.94 bits per heavy atom. The van der Waals surface area contributed by atoms with E-state index in [4.69, 9.17) is 5.73 Å². The van der Waals surface area contributed by atoms with Gasteiger partial charge in [-0.2, -0.15) is 5.10 Å². The SMILES string of the molecule is Nc1cnn(CCn2cnc3c2CCCC3)c1. The predicted molar refractivity (Wildman–Crippen MR) is 65.5 cm³/mol. The van der Waals surface area contributed by atoms with Crippen molar-refractivity contribution in [2.75, 3.05) is 5.73 Å². The van der Waals surface area contributed by atoms with Crippen LogP contribution in [-0.2, 0) is 25.9 Å². The zero-order chi connectivity index (χ0) is 11.7. The van der Waals surface area contributed by atoms with E-state index in [1.807, 2.05) is 17.2 Å². The normalized spacial score (nSPS) is 14.8. The van der Waals surface area contributed by atoms with Gasteiger partial charge in [-0.1, -0.05) is 0 Å². The van der Waals surface area contributed by atoms with Crippen LogP contribution in [0.2, 0.25) is 0 Å². The van der Waals surface area contributed by atoms with Crippen molar-refractivity contribution in [1.82, 2.24) is 19.3 Å². The van der Waals surface area contributed by atoms with Gasteiger partial charge in [0.25, 0.3) is 0 Å². The molecule has 0 bridgehead atoms. The van der Waals surface area contributed by atoms with Gasteiger partial charge >= 0.3 is 0 Å². The van der Waals surface area contributed by atoms with Gasteiger partial charge in [0.15, 0.2) is 0 Å². The van der Waals surface area contributed by atoms with E-state index >= 15 is 0 Å². The standard InChI is InChI=1S/C12H17N5/c13-10-7-15-17(8-10)6-5-16-9-14-11-3-1-2-4-12(11)16/h7-9H,1-6,13H2. The Morgan fingerprint density at radius 2 is 2.12 bits per heavy atom. The molecule has 90 valence electrons. The molecule has 1 aliphatic rings. The molecular formula is C12H17N5. The van der Waals surface area contributed by atoms with E-state index in [1.54, 1.807) is 6.20 Å². The summed E-state index contributed by atoms with van der Waals surface area (Å²) >= 11 is 0. The number of nitrogen functional groups attached to an aromatic ring is 1. The summed E-state index contributed by atoms with van der Waals surface area (Å²) in [6.45, 7) is 1.77. The fraction of sp³-hybridized carbons (Fsp3) is 0.500. The third kappa shape index (κ3) is 2.05. The summed E-state index contributed by atoms with van der Waals surface area (Å²) in [6, 6.07) is 0. The van der Waals surface area contributed by atoms with Crippen LogP contribution in [0.3, 0.4) is 0 Å². The fourth-order valence-corrected chi connectivity index (χ4v) is 2.44. The monoisotopic (exact) mass is 231 g/mol.